The summed E-state index contributed by atoms with van der Waals surface area (Å²) >= 11 is 0. The number of fused-ring (bicyclic) bond motifs is 3. The number of rotatable bonds is 4. The zero-order chi connectivity index (χ0) is 13.9. The van der Waals surface area contributed by atoms with Gasteiger partial charge >= 0.3 is 0 Å². The van der Waals surface area contributed by atoms with Gasteiger partial charge < -0.3 is 4.74 Å². The third-order valence-corrected chi connectivity index (χ3v) is 4.51. The Morgan fingerprint density at radius 2 is 1.26 bits per heavy atom. The summed E-state index contributed by atoms with van der Waals surface area (Å²) in [6.07, 6.45) is -0.0611. The quantitative estimate of drug-likeness (QED) is 0.631. The first-order valence-electron chi connectivity index (χ1n) is 6.31. The van der Waals surface area contributed by atoms with Crippen molar-refractivity contribution in [2.75, 3.05) is 28.3 Å². The van der Waals surface area contributed by atoms with E-state index in [0.717, 1.165) is 0 Å². The predicted molar refractivity (Wildman–Crippen MR) is 62.2 cm³/mol. The van der Waals surface area contributed by atoms with Crippen LogP contribution in [0.15, 0.2) is 0 Å². The molecule has 0 bridgehead atoms. The topological polar surface area (TPSA) is 68.3 Å². The predicted octanol–water partition coefficient (Wildman–Crippen LogP) is -0.715. The summed E-state index contributed by atoms with van der Waals surface area (Å²) in [5, 5.41) is 2.45. The van der Waals surface area contributed by atoms with Crippen molar-refractivity contribution in [3.05, 3.63) is 0 Å². The molecule has 7 nitrogen and oxygen atoms in total. The number of ether oxygens (including phenoxy) is 1. The fourth-order valence-corrected chi connectivity index (χ4v) is 3.27. The number of carbonyl (C=O) groups excluding carboxylic acids is 2. The third-order valence-electron chi connectivity index (χ3n) is 4.51. The Balaban J connectivity index is 1.61. The summed E-state index contributed by atoms with van der Waals surface area (Å²) in [6, 6.07) is 0. The van der Waals surface area contributed by atoms with Crippen molar-refractivity contribution in [3.63, 3.8) is 0 Å². The van der Waals surface area contributed by atoms with E-state index in [0.29, 0.717) is 0 Å². The van der Waals surface area contributed by atoms with Crippen LogP contribution in [0, 0.1) is 23.7 Å². The van der Waals surface area contributed by atoms with E-state index in [1.165, 1.54) is 24.3 Å². The average molecular weight is 270 g/mol. The van der Waals surface area contributed by atoms with Crippen LogP contribution in [-0.2, 0) is 24.0 Å². The Morgan fingerprint density at radius 3 is 1.58 bits per heavy atom. The second kappa shape index (κ2) is 4.16. The van der Waals surface area contributed by atoms with Gasteiger partial charge in [-0.3, -0.25) is 19.3 Å². The second-order valence-corrected chi connectivity index (χ2v) is 5.31. The van der Waals surface area contributed by atoms with Crippen molar-refractivity contribution >= 4 is 11.8 Å². The fraction of sp³-hybridized carbons (Fsp3) is 0.833. The number of carbonyl (C=O) groups is 2. The Kier molecular flexibility index (Phi) is 2.81. The molecule has 0 N–H and O–H groups in total. The van der Waals surface area contributed by atoms with Gasteiger partial charge in [-0.25, -0.2) is 10.1 Å². The molecule has 0 aromatic heterocycles. The van der Waals surface area contributed by atoms with E-state index >= 15 is 0 Å². The van der Waals surface area contributed by atoms with Gasteiger partial charge in [-0.05, 0) is 0 Å². The SMILES string of the molecule is CON(C)C(=O)[C@@H]1[C@H]2O[C@@H]3[C@@H](C(=O)N(C)OC)[C@@H]3[C@H]21. The summed E-state index contributed by atoms with van der Waals surface area (Å²) in [7, 11) is 6.08. The van der Waals surface area contributed by atoms with Crippen LogP contribution in [0.4, 0.5) is 0 Å². The van der Waals surface area contributed by atoms with E-state index < -0.39 is 0 Å². The highest BCUT2D eigenvalue weighted by Crippen LogP contribution is 2.68. The molecule has 0 radical (unpaired) electrons. The molecule has 3 fully saturated rings. The van der Waals surface area contributed by atoms with Crippen molar-refractivity contribution < 1.29 is 24.0 Å². The van der Waals surface area contributed by atoms with Gasteiger partial charge in [0.25, 0.3) is 11.8 Å². The van der Waals surface area contributed by atoms with E-state index in [9.17, 15) is 9.59 Å². The third kappa shape index (κ3) is 1.69. The van der Waals surface area contributed by atoms with E-state index in [4.69, 9.17) is 14.4 Å². The molecule has 0 spiro atoms. The lowest BCUT2D eigenvalue weighted by molar-refractivity contribution is -0.172. The molecule has 2 amide bonds. The highest BCUT2D eigenvalue weighted by atomic mass is 16.7. The summed E-state index contributed by atoms with van der Waals surface area (Å²) in [5.74, 6) is -0.138. The number of amides is 2. The van der Waals surface area contributed by atoms with Gasteiger partial charge in [0.05, 0.1) is 38.3 Å². The zero-order valence-electron chi connectivity index (χ0n) is 11.4. The maximum Gasteiger partial charge on any atom is 0.251 e. The van der Waals surface area contributed by atoms with Gasteiger partial charge in [0, 0.05) is 25.9 Å². The van der Waals surface area contributed by atoms with Crippen molar-refractivity contribution in [1.29, 1.82) is 0 Å². The van der Waals surface area contributed by atoms with Gasteiger partial charge in [-0.2, -0.15) is 0 Å². The lowest BCUT2D eigenvalue weighted by Gasteiger charge is -2.14. The highest BCUT2D eigenvalue weighted by Gasteiger charge is 2.79. The Bertz CT molecular complexity index is 390. The monoisotopic (exact) mass is 270 g/mol. The minimum absolute atomic E-state index is 0.0306. The Hall–Kier alpha value is -1.18. The van der Waals surface area contributed by atoms with E-state index in [1.807, 2.05) is 0 Å². The largest absolute Gasteiger partial charge is 0.373 e. The molecule has 0 aromatic rings. The lowest BCUT2D eigenvalue weighted by Crippen LogP contribution is -2.29. The molecule has 106 valence electrons. The van der Waals surface area contributed by atoms with Crippen LogP contribution in [0.5, 0.6) is 0 Å². The normalized spacial score (nSPS) is 41.3. The van der Waals surface area contributed by atoms with Gasteiger partial charge in [0.15, 0.2) is 0 Å². The van der Waals surface area contributed by atoms with Gasteiger partial charge in [0.2, 0.25) is 0 Å². The van der Waals surface area contributed by atoms with Crippen molar-refractivity contribution in [2.24, 2.45) is 23.7 Å². The summed E-state index contributed by atoms with van der Waals surface area (Å²) in [6.45, 7) is 0. The molecule has 7 heteroatoms. The molecule has 1 aliphatic heterocycles. The number of hydrogen-bond acceptors (Lipinski definition) is 5. The molecule has 3 rings (SSSR count). The van der Waals surface area contributed by atoms with Crippen LogP contribution in [0.1, 0.15) is 0 Å². The van der Waals surface area contributed by atoms with E-state index in [-0.39, 0.29) is 47.7 Å². The lowest BCUT2D eigenvalue weighted by atomic mass is 10.1. The Morgan fingerprint density at radius 1 is 0.895 bits per heavy atom. The van der Waals surface area contributed by atoms with Crippen LogP contribution < -0.4 is 0 Å². The van der Waals surface area contributed by atoms with Gasteiger partial charge in [-0.15, -0.1) is 0 Å². The molecule has 3 aliphatic rings. The molecule has 1 heterocycles. The van der Waals surface area contributed by atoms with Crippen LogP contribution >= 0.6 is 0 Å². The first-order valence-corrected chi connectivity index (χ1v) is 6.31. The second-order valence-electron chi connectivity index (χ2n) is 5.31. The molecular weight excluding hydrogens is 252 g/mol. The summed E-state index contributed by atoms with van der Waals surface area (Å²) in [4.78, 5) is 33.7. The van der Waals surface area contributed by atoms with E-state index in [2.05, 4.69) is 0 Å². The minimum atomic E-state index is -0.156. The molecule has 2 aliphatic carbocycles. The van der Waals surface area contributed by atoms with Gasteiger partial charge in [0.1, 0.15) is 0 Å². The number of hydroxylamine groups is 4. The first kappa shape index (κ1) is 12.8. The van der Waals surface area contributed by atoms with Crippen LogP contribution in [0.3, 0.4) is 0 Å². The minimum Gasteiger partial charge on any atom is -0.373 e. The van der Waals surface area contributed by atoms with Gasteiger partial charge in [-0.1, -0.05) is 0 Å². The molecule has 2 saturated carbocycles. The maximum absolute atomic E-state index is 12.0. The van der Waals surface area contributed by atoms with Crippen molar-refractivity contribution in [2.45, 2.75) is 12.2 Å². The average Bonchev–Trinajstić information content (AvgIpc) is 3.29. The molecule has 6 atom stereocenters. The number of nitrogens with zero attached hydrogens (tertiary/aromatic N) is 2. The van der Waals surface area contributed by atoms with Crippen LogP contribution in [0.2, 0.25) is 0 Å². The molecule has 0 aromatic carbocycles. The number of hydrogen-bond donors (Lipinski definition) is 0. The van der Waals surface area contributed by atoms with Crippen molar-refractivity contribution in [1.82, 2.24) is 10.1 Å². The molecule has 19 heavy (non-hydrogen) atoms. The highest BCUT2D eigenvalue weighted by molar-refractivity contribution is 5.86. The first-order chi connectivity index (χ1) is 9.02. The summed E-state index contributed by atoms with van der Waals surface area (Å²) in [5.41, 5.74) is 0. The van der Waals surface area contributed by atoms with Crippen LogP contribution in [-0.4, -0.2) is 62.5 Å². The smallest absolute Gasteiger partial charge is 0.251 e. The van der Waals surface area contributed by atoms with Crippen LogP contribution in [0.25, 0.3) is 0 Å². The Labute approximate surface area is 111 Å². The van der Waals surface area contributed by atoms with E-state index in [1.54, 1.807) is 14.1 Å². The fourth-order valence-electron chi connectivity index (χ4n) is 3.27. The molecular formula is C12H18N2O5. The summed E-state index contributed by atoms with van der Waals surface area (Å²) < 4.78 is 5.76. The molecule has 1 saturated heterocycles. The maximum atomic E-state index is 12.0. The van der Waals surface area contributed by atoms with Crippen molar-refractivity contribution in [3.8, 4) is 0 Å². The standard InChI is InChI=1S/C12H18N2O5/c1-13(17-3)11(15)7-5-6-8(10(6)19-9(5)7)12(16)14(2)18-4/h5-10H,1-4H3/t5-,6-,7-,8-,9-,10-/m0/s1. The zero-order valence-corrected chi connectivity index (χ0v) is 11.4. The molecule has 0 unspecified atom stereocenters.